The van der Waals surface area contributed by atoms with Crippen LogP contribution in [0.15, 0.2) is 0 Å². The zero-order valence-electron chi connectivity index (χ0n) is 11.3. The van der Waals surface area contributed by atoms with Gasteiger partial charge in [-0.3, -0.25) is 0 Å². The first kappa shape index (κ1) is 13.4. The molecule has 6 heteroatoms. The highest BCUT2D eigenvalue weighted by molar-refractivity contribution is 4.89. The molecule has 2 heterocycles. The molecule has 0 aromatic carbocycles. The number of ether oxygens (including phenoxy) is 1. The van der Waals surface area contributed by atoms with E-state index in [-0.39, 0.29) is 6.04 Å². The van der Waals surface area contributed by atoms with Crippen molar-refractivity contribution >= 4 is 0 Å². The van der Waals surface area contributed by atoms with E-state index in [1.54, 1.807) is 0 Å². The summed E-state index contributed by atoms with van der Waals surface area (Å²) < 4.78 is 7.62. The molecule has 1 aromatic rings. The smallest absolute Gasteiger partial charge is 0.167 e. The van der Waals surface area contributed by atoms with Gasteiger partial charge in [-0.25, -0.2) is 4.68 Å². The van der Waals surface area contributed by atoms with Crippen LogP contribution in [0, 0.1) is 0 Å². The summed E-state index contributed by atoms with van der Waals surface area (Å²) >= 11 is 0. The van der Waals surface area contributed by atoms with Crippen LogP contribution in [0.1, 0.15) is 51.4 Å². The van der Waals surface area contributed by atoms with Crippen LogP contribution in [-0.2, 0) is 11.3 Å². The van der Waals surface area contributed by atoms with Gasteiger partial charge in [0.15, 0.2) is 5.82 Å². The minimum absolute atomic E-state index is 0.192. The highest BCUT2D eigenvalue weighted by Crippen LogP contribution is 2.17. The summed E-state index contributed by atoms with van der Waals surface area (Å²) in [7, 11) is 0. The molecule has 18 heavy (non-hydrogen) atoms. The van der Waals surface area contributed by atoms with Crippen molar-refractivity contribution in [1.82, 2.24) is 25.5 Å². The first-order chi connectivity index (χ1) is 8.81. The van der Waals surface area contributed by atoms with Crippen molar-refractivity contribution in [3.63, 3.8) is 0 Å². The lowest BCUT2D eigenvalue weighted by Crippen LogP contribution is -2.24. The van der Waals surface area contributed by atoms with Crippen LogP contribution in [-0.4, -0.2) is 39.5 Å². The van der Waals surface area contributed by atoms with Gasteiger partial charge in [0.2, 0.25) is 0 Å². The second-order valence-electron chi connectivity index (χ2n) is 4.82. The van der Waals surface area contributed by atoms with E-state index in [1.807, 2.05) is 4.68 Å². The number of tetrazole rings is 1. The topological polar surface area (TPSA) is 64.9 Å². The van der Waals surface area contributed by atoms with Crippen LogP contribution in [0.3, 0.4) is 0 Å². The summed E-state index contributed by atoms with van der Waals surface area (Å²) in [4.78, 5) is 0. The van der Waals surface area contributed by atoms with Crippen molar-refractivity contribution < 1.29 is 4.74 Å². The molecule has 6 nitrogen and oxygen atoms in total. The van der Waals surface area contributed by atoms with Crippen LogP contribution in [0.2, 0.25) is 0 Å². The number of aromatic nitrogens is 4. The molecule has 102 valence electrons. The molecule has 0 aliphatic carbocycles. The number of nitrogens with zero attached hydrogens (tertiary/aromatic N) is 4. The molecule has 1 aliphatic heterocycles. The van der Waals surface area contributed by atoms with Crippen LogP contribution >= 0.6 is 0 Å². The van der Waals surface area contributed by atoms with E-state index in [9.17, 15) is 0 Å². The second-order valence-corrected chi connectivity index (χ2v) is 4.82. The van der Waals surface area contributed by atoms with Crippen molar-refractivity contribution in [2.24, 2.45) is 0 Å². The fourth-order valence-corrected chi connectivity index (χ4v) is 2.38. The maximum absolute atomic E-state index is 5.73. The molecule has 0 spiro atoms. The fourth-order valence-electron chi connectivity index (χ4n) is 2.38. The summed E-state index contributed by atoms with van der Waals surface area (Å²) in [6.45, 7) is 6.83. The Kier molecular flexibility index (Phi) is 5.07. The Hall–Kier alpha value is -1.01. The molecule has 2 rings (SSSR count). The number of hydrogen-bond donors (Lipinski definition) is 1. The largest absolute Gasteiger partial charge is 0.378 e. The number of rotatable bonds is 6. The highest BCUT2D eigenvalue weighted by atomic mass is 16.5. The van der Waals surface area contributed by atoms with Gasteiger partial charge in [0.1, 0.15) is 0 Å². The average Bonchev–Trinajstić information content (AvgIpc) is 2.86. The Morgan fingerprint density at radius 2 is 2.39 bits per heavy atom. The molecule has 2 unspecified atom stereocenters. The van der Waals surface area contributed by atoms with Gasteiger partial charge in [-0.15, -0.1) is 5.10 Å². The first-order valence-electron chi connectivity index (χ1n) is 6.92. The Balaban J connectivity index is 1.86. The molecule has 1 aliphatic rings. The van der Waals surface area contributed by atoms with Crippen LogP contribution < -0.4 is 5.32 Å². The fraction of sp³-hybridized carbons (Fsp3) is 0.917. The van der Waals surface area contributed by atoms with E-state index in [4.69, 9.17) is 4.74 Å². The minimum atomic E-state index is 0.192. The molecule has 1 saturated heterocycles. The van der Waals surface area contributed by atoms with Crippen molar-refractivity contribution in [1.29, 1.82) is 0 Å². The predicted octanol–water partition coefficient (Wildman–Crippen LogP) is 1.30. The second kappa shape index (κ2) is 6.80. The zero-order valence-corrected chi connectivity index (χ0v) is 11.3. The van der Waals surface area contributed by atoms with Crippen LogP contribution in [0.5, 0.6) is 0 Å². The number of hydrogen-bond acceptors (Lipinski definition) is 5. The SMILES string of the molecule is CCNC(C)c1nnnn1CCC1CCCCO1. The highest BCUT2D eigenvalue weighted by Gasteiger charge is 2.17. The molecular weight excluding hydrogens is 230 g/mol. The van der Waals surface area contributed by atoms with Gasteiger partial charge in [0.05, 0.1) is 12.1 Å². The maximum Gasteiger partial charge on any atom is 0.167 e. The number of nitrogens with one attached hydrogen (secondary N) is 1. The molecule has 0 radical (unpaired) electrons. The van der Waals surface area contributed by atoms with E-state index in [0.717, 1.165) is 31.9 Å². The normalized spacial score (nSPS) is 22.0. The minimum Gasteiger partial charge on any atom is -0.378 e. The Labute approximate surface area is 108 Å². The van der Waals surface area contributed by atoms with Crippen molar-refractivity contribution in [3.8, 4) is 0 Å². The third-order valence-electron chi connectivity index (χ3n) is 3.39. The summed E-state index contributed by atoms with van der Waals surface area (Å²) in [6, 6.07) is 0.192. The molecule has 0 amide bonds. The zero-order chi connectivity index (χ0) is 12.8. The van der Waals surface area contributed by atoms with Crippen LogP contribution in [0.4, 0.5) is 0 Å². The summed E-state index contributed by atoms with van der Waals surface area (Å²) in [5.41, 5.74) is 0. The molecule has 0 bridgehead atoms. The summed E-state index contributed by atoms with van der Waals surface area (Å²) in [6.07, 6.45) is 5.02. The van der Waals surface area contributed by atoms with E-state index in [1.165, 1.54) is 19.3 Å². The van der Waals surface area contributed by atoms with Crippen molar-refractivity contribution in [3.05, 3.63) is 5.82 Å². The molecule has 0 saturated carbocycles. The molecule has 1 aromatic heterocycles. The molecule has 1 fully saturated rings. The Bertz CT molecular complexity index is 348. The van der Waals surface area contributed by atoms with E-state index in [2.05, 4.69) is 34.7 Å². The third kappa shape index (κ3) is 3.49. The third-order valence-corrected chi connectivity index (χ3v) is 3.39. The van der Waals surface area contributed by atoms with Gasteiger partial charge < -0.3 is 10.1 Å². The van der Waals surface area contributed by atoms with Gasteiger partial charge in [-0.05, 0) is 49.6 Å². The van der Waals surface area contributed by atoms with Gasteiger partial charge in [-0.2, -0.15) is 0 Å². The first-order valence-corrected chi connectivity index (χ1v) is 6.92. The monoisotopic (exact) mass is 253 g/mol. The van der Waals surface area contributed by atoms with Crippen molar-refractivity contribution in [2.45, 2.75) is 58.2 Å². The number of aryl methyl sites for hydroxylation is 1. The van der Waals surface area contributed by atoms with Gasteiger partial charge in [0.25, 0.3) is 0 Å². The lowest BCUT2D eigenvalue weighted by molar-refractivity contribution is 0.00801. The van der Waals surface area contributed by atoms with Gasteiger partial charge >= 0.3 is 0 Å². The van der Waals surface area contributed by atoms with Crippen LogP contribution in [0.25, 0.3) is 0 Å². The Morgan fingerprint density at radius 1 is 1.50 bits per heavy atom. The van der Waals surface area contributed by atoms with Crippen molar-refractivity contribution in [2.75, 3.05) is 13.2 Å². The predicted molar refractivity (Wildman–Crippen MR) is 68.1 cm³/mol. The molecule has 2 atom stereocenters. The average molecular weight is 253 g/mol. The van der Waals surface area contributed by atoms with E-state index in [0.29, 0.717) is 6.10 Å². The lowest BCUT2D eigenvalue weighted by atomic mass is 10.1. The van der Waals surface area contributed by atoms with Gasteiger partial charge in [-0.1, -0.05) is 6.92 Å². The summed E-state index contributed by atoms with van der Waals surface area (Å²) in [5, 5.41) is 15.3. The van der Waals surface area contributed by atoms with E-state index < -0.39 is 0 Å². The molecular formula is C12H23N5O. The quantitative estimate of drug-likeness (QED) is 0.828. The standard InChI is InChI=1S/C12H23N5O/c1-3-13-10(2)12-14-15-16-17(12)8-7-11-6-4-5-9-18-11/h10-11,13H,3-9H2,1-2H3. The maximum atomic E-state index is 5.73. The lowest BCUT2D eigenvalue weighted by Gasteiger charge is -2.22. The Morgan fingerprint density at radius 3 is 3.11 bits per heavy atom. The van der Waals surface area contributed by atoms with Gasteiger partial charge in [0, 0.05) is 13.2 Å². The summed E-state index contributed by atoms with van der Waals surface area (Å²) in [5.74, 6) is 0.910. The molecule has 1 N–H and O–H groups in total. The van der Waals surface area contributed by atoms with E-state index >= 15 is 0 Å².